The molecule has 0 aliphatic heterocycles. The molecule has 0 rings (SSSR count). The molecule has 0 fully saturated rings. The molecule has 4 heteroatoms. The summed E-state index contributed by atoms with van der Waals surface area (Å²) in [5.74, 6) is -1.10. The van der Waals surface area contributed by atoms with Crippen molar-refractivity contribution >= 4 is 5.97 Å². The lowest BCUT2D eigenvalue weighted by atomic mass is 10.0. The summed E-state index contributed by atoms with van der Waals surface area (Å²) >= 11 is 0. The van der Waals surface area contributed by atoms with E-state index in [0.717, 1.165) is 0 Å². The zero-order valence-electron chi connectivity index (χ0n) is 6.70. The second-order valence-corrected chi connectivity index (χ2v) is 2.23. The number of aliphatic carboxylic acids is 1. The Hall–Kier alpha value is -0.870. The molecule has 0 aliphatic rings. The third-order valence-electron chi connectivity index (χ3n) is 1.41. The summed E-state index contributed by atoms with van der Waals surface area (Å²) in [5, 5.41) is 8.62. The molecule has 0 amide bonds. The molecule has 0 aromatic heterocycles. The van der Waals surface area contributed by atoms with Gasteiger partial charge < -0.3 is 9.94 Å². The van der Waals surface area contributed by atoms with Crippen LogP contribution in [-0.4, -0.2) is 24.2 Å². The molecule has 0 aromatic carbocycles. The van der Waals surface area contributed by atoms with Gasteiger partial charge in [-0.05, 0) is 0 Å². The van der Waals surface area contributed by atoms with Crippen molar-refractivity contribution < 1.29 is 14.7 Å². The van der Waals surface area contributed by atoms with Gasteiger partial charge in [-0.3, -0.25) is 4.79 Å². The first kappa shape index (κ1) is 10.1. The Bertz CT molecular complexity index is 147. The normalized spacial score (nSPS) is 15.5. The molecule has 0 unspecified atom stereocenters. The Morgan fingerprint density at radius 2 is 2.36 bits per heavy atom. The minimum absolute atomic E-state index is 0.160. The van der Waals surface area contributed by atoms with Crippen molar-refractivity contribution in [3.05, 3.63) is 12.7 Å². The average molecular weight is 159 g/mol. The van der Waals surface area contributed by atoms with Gasteiger partial charge in [-0.15, -0.1) is 6.58 Å². The lowest BCUT2D eigenvalue weighted by molar-refractivity contribution is -0.144. The Morgan fingerprint density at radius 3 is 2.64 bits per heavy atom. The van der Waals surface area contributed by atoms with E-state index in [1.54, 1.807) is 13.0 Å². The van der Waals surface area contributed by atoms with Crippen LogP contribution >= 0.6 is 0 Å². The fraction of sp³-hybridized carbons (Fsp3) is 0.571. The van der Waals surface area contributed by atoms with E-state index in [1.165, 1.54) is 7.11 Å². The maximum atomic E-state index is 10.5. The largest absolute Gasteiger partial charge is 0.480 e. The molecule has 0 aliphatic carbocycles. The Labute approximate surface area is 65.8 Å². The molecule has 0 heterocycles. The van der Waals surface area contributed by atoms with Crippen LogP contribution in [0.15, 0.2) is 12.7 Å². The molecule has 0 saturated heterocycles. The molecule has 4 nitrogen and oxygen atoms in total. The summed E-state index contributed by atoms with van der Waals surface area (Å²) in [6.07, 6.45) is 1.56. The molecule has 2 N–H and O–H groups in total. The Morgan fingerprint density at radius 1 is 1.82 bits per heavy atom. The predicted octanol–water partition coefficient (Wildman–Crippen LogP) is 0.413. The van der Waals surface area contributed by atoms with Gasteiger partial charge in [0.15, 0.2) is 0 Å². The highest BCUT2D eigenvalue weighted by Crippen LogP contribution is 2.03. The van der Waals surface area contributed by atoms with Crippen molar-refractivity contribution in [3.8, 4) is 0 Å². The minimum atomic E-state index is -0.945. The second kappa shape index (κ2) is 4.87. The van der Waals surface area contributed by atoms with Crippen molar-refractivity contribution in [2.45, 2.75) is 13.0 Å². The van der Waals surface area contributed by atoms with Gasteiger partial charge in [0.25, 0.3) is 0 Å². The smallest absolute Gasteiger partial charge is 0.323 e. The Kier molecular flexibility index (Phi) is 4.49. The van der Waals surface area contributed by atoms with Crippen molar-refractivity contribution in [3.63, 3.8) is 0 Å². The lowest BCUT2D eigenvalue weighted by Gasteiger charge is -2.16. The van der Waals surface area contributed by atoms with Gasteiger partial charge in [0.05, 0.1) is 7.11 Å². The quantitative estimate of drug-likeness (QED) is 0.450. The van der Waals surface area contributed by atoms with Gasteiger partial charge in [-0.25, -0.2) is 0 Å². The zero-order valence-corrected chi connectivity index (χ0v) is 6.70. The summed E-state index contributed by atoms with van der Waals surface area (Å²) in [6, 6.07) is -0.725. The van der Waals surface area contributed by atoms with Gasteiger partial charge >= 0.3 is 5.97 Å². The van der Waals surface area contributed by atoms with E-state index in [0.29, 0.717) is 0 Å². The van der Waals surface area contributed by atoms with E-state index in [1.807, 2.05) is 0 Å². The molecule has 0 aromatic rings. The number of rotatable bonds is 5. The molecule has 11 heavy (non-hydrogen) atoms. The van der Waals surface area contributed by atoms with Crippen LogP contribution < -0.4 is 5.48 Å². The van der Waals surface area contributed by atoms with Crippen molar-refractivity contribution in [1.29, 1.82) is 0 Å². The first-order valence-electron chi connectivity index (χ1n) is 3.27. The number of nitrogens with one attached hydrogen (secondary N) is 1. The van der Waals surface area contributed by atoms with Crippen LogP contribution in [0.2, 0.25) is 0 Å². The number of carboxylic acid groups (broad SMARTS) is 1. The molecule has 64 valence electrons. The van der Waals surface area contributed by atoms with E-state index in [9.17, 15) is 4.79 Å². The first-order chi connectivity index (χ1) is 5.13. The van der Waals surface area contributed by atoms with Crippen LogP contribution in [-0.2, 0) is 9.63 Å². The van der Waals surface area contributed by atoms with Crippen LogP contribution in [0.5, 0.6) is 0 Å². The highest BCUT2D eigenvalue weighted by atomic mass is 16.6. The lowest BCUT2D eigenvalue weighted by Crippen LogP contribution is -2.40. The average Bonchev–Trinajstić information content (AvgIpc) is 1.98. The molecule has 0 radical (unpaired) electrons. The van der Waals surface area contributed by atoms with Crippen LogP contribution in [0.25, 0.3) is 0 Å². The number of hydrogen-bond acceptors (Lipinski definition) is 3. The van der Waals surface area contributed by atoms with E-state index in [2.05, 4.69) is 16.9 Å². The van der Waals surface area contributed by atoms with Gasteiger partial charge in [-0.2, -0.15) is 5.48 Å². The monoisotopic (exact) mass is 159 g/mol. The SMILES string of the molecule is C=C[C@@H](C)[C@H](NOC)C(=O)O. The second-order valence-electron chi connectivity index (χ2n) is 2.23. The number of carboxylic acids is 1. The van der Waals surface area contributed by atoms with E-state index < -0.39 is 12.0 Å². The maximum absolute atomic E-state index is 10.5. The minimum Gasteiger partial charge on any atom is -0.480 e. The molecule has 0 bridgehead atoms. The molecular weight excluding hydrogens is 146 g/mol. The van der Waals surface area contributed by atoms with Crippen LogP contribution in [0.3, 0.4) is 0 Å². The molecule has 0 spiro atoms. The van der Waals surface area contributed by atoms with Crippen molar-refractivity contribution in [1.82, 2.24) is 5.48 Å². The summed E-state index contributed by atoms with van der Waals surface area (Å²) in [6.45, 7) is 5.24. The Balaban J connectivity index is 4.08. The highest BCUT2D eigenvalue weighted by Gasteiger charge is 2.21. The third-order valence-corrected chi connectivity index (χ3v) is 1.41. The molecule has 0 saturated carbocycles. The summed E-state index contributed by atoms with van der Waals surface area (Å²) in [5.41, 5.74) is 2.36. The van der Waals surface area contributed by atoms with E-state index in [4.69, 9.17) is 5.11 Å². The predicted molar refractivity (Wildman–Crippen MR) is 40.9 cm³/mol. The van der Waals surface area contributed by atoms with Gasteiger partial charge in [0.2, 0.25) is 0 Å². The van der Waals surface area contributed by atoms with Gasteiger partial charge in [0, 0.05) is 5.92 Å². The fourth-order valence-corrected chi connectivity index (χ4v) is 0.646. The number of hydrogen-bond donors (Lipinski definition) is 2. The highest BCUT2D eigenvalue weighted by molar-refractivity contribution is 5.73. The van der Waals surface area contributed by atoms with E-state index >= 15 is 0 Å². The number of carbonyl (C=O) groups is 1. The van der Waals surface area contributed by atoms with Crippen LogP contribution in [0.1, 0.15) is 6.92 Å². The summed E-state index contributed by atoms with van der Waals surface area (Å²) in [7, 11) is 1.38. The molecule has 2 atom stereocenters. The standard InChI is InChI=1S/C7H13NO3/c1-4-5(2)6(7(9)10)8-11-3/h4-6,8H,1H2,2-3H3,(H,9,10)/t5-,6+/m1/s1. The van der Waals surface area contributed by atoms with Crippen molar-refractivity contribution in [2.75, 3.05) is 7.11 Å². The van der Waals surface area contributed by atoms with Gasteiger partial charge in [-0.1, -0.05) is 13.0 Å². The summed E-state index contributed by atoms with van der Waals surface area (Å²) < 4.78 is 0. The fourth-order valence-electron chi connectivity index (χ4n) is 0.646. The maximum Gasteiger partial charge on any atom is 0.323 e. The van der Waals surface area contributed by atoms with Crippen LogP contribution in [0, 0.1) is 5.92 Å². The zero-order chi connectivity index (χ0) is 8.85. The molecular formula is C7H13NO3. The number of hydroxylamine groups is 1. The van der Waals surface area contributed by atoms with Gasteiger partial charge in [0.1, 0.15) is 6.04 Å². The summed E-state index contributed by atoms with van der Waals surface area (Å²) in [4.78, 5) is 15.0. The van der Waals surface area contributed by atoms with E-state index in [-0.39, 0.29) is 5.92 Å². The topological polar surface area (TPSA) is 58.6 Å². The van der Waals surface area contributed by atoms with Crippen molar-refractivity contribution in [2.24, 2.45) is 5.92 Å². The first-order valence-corrected chi connectivity index (χ1v) is 3.27. The third kappa shape index (κ3) is 3.15. The van der Waals surface area contributed by atoms with Crippen LogP contribution in [0.4, 0.5) is 0 Å².